The van der Waals surface area contributed by atoms with Gasteiger partial charge in [0.25, 0.3) is 5.91 Å². The molecule has 1 fully saturated rings. The molecule has 0 radical (unpaired) electrons. The summed E-state index contributed by atoms with van der Waals surface area (Å²) >= 11 is 1.07. The summed E-state index contributed by atoms with van der Waals surface area (Å²) in [5.74, 6) is -0.491. The maximum absolute atomic E-state index is 12.0. The number of nitrogens with one attached hydrogen (secondary N) is 1. The minimum absolute atomic E-state index is 0.00915. The highest BCUT2D eigenvalue weighted by atomic mass is 32.2. The molecule has 1 N–H and O–H groups in total. The van der Waals surface area contributed by atoms with Crippen LogP contribution in [-0.4, -0.2) is 20.1 Å². The molecular weight excluding hydrogens is 296 g/mol. The van der Waals surface area contributed by atoms with Crippen molar-refractivity contribution in [3.8, 4) is 6.07 Å². The fourth-order valence-electron chi connectivity index (χ4n) is 2.41. The number of rotatable bonds is 4. The summed E-state index contributed by atoms with van der Waals surface area (Å²) in [6.07, 6.45) is 5.10. The molecule has 20 heavy (non-hydrogen) atoms. The number of carbonyl (C=O) groups excluding carboxylic acids is 1. The van der Waals surface area contributed by atoms with Crippen LogP contribution in [0, 0.1) is 17.2 Å². The van der Waals surface area contributed by atoms with E-state index < -0.39 is 15.9 Å². The van der Waals surface area contributed by atoms with Gasteiger partial charge in [0, 0.05) is 5.38 Å². The lowest BCUT2D eigenvalue weighted by atomic mass is 9.91. The van der Waals surface area contributed by atoms with E-state index in [1.165, 1.54) is 11.4 Å². The minimum atomic E-state index is -3.60. The molecular formula is C13H16N2O3S2. The van der Waals surface area contributed by atoms with Crippen LogP contribution >= 0.6 is 11.3 Å². The molecule has 7 heteroatoms. The van der Waals surface area contributed by atoms with Gasteiger partial charge in [0.15, 0.2) is 0 Å². The first-order valence-corrected chi connectivity index (χ1v) is 9.07. The largest absolute Gasteiger partial charge is 0.274 e. The minimum Gasteiger partial charge on any atom is -0.267 e. The Morgan fingerprint density at radius 1 is 1.40 bits per heavy atom. The molecule has 0 aromatic carbocycles. The molecule has 1 heterocycles. The van der Waals surface area contributed by atoms with Crippen molar-refractivity contribution >= 4 is 27.3 Å². The van der Waals surface area contributed by atoms with Crippen molar-refractivity contribution in [2.24, 2.45) is 5.92 Å². The molecule has 1 amide bonds. The lowest BCUT2D eigenvalue weighted by Crippen LogP contribution is -2.34. The number of nitriles is 1. The van der Waals surface area contributed by atoms with Gasteiger partial charge in [0.1, 0.15) is 6.07 Å². The third-order valence-electron chi connectivity index (χ3n) is 3.38. The predicted octanol–water partition coefficient (Wildman–Crippen LogP) is 2.26. The average molecular weight is 312 g/mol. The van der Waals surface area contributed by atoms with Crippen molar-refractivity contribution in [3.05, 3.63) is 21.9 Å². The zero-order chi connectivity index (χ0) is 14.6. The maximum Gasteiger partial charge on any atom is 0.274 e. The molecule has 1 aliphatic rings. The normalized spacial score (nSPS) is 16.6. The first-order valence-electron chi connectivity index (χ1n) is 6.53. The topological polar surface area (TPSA) is 87.0 Å². The van der Waals surface area contributed by atoms with Gasteiger partial charge in [-0.15, -0.1) is 11.3 Å². The highest BCUT2D eigenvalue weighted by molar-refractivity contribution is 7.90. The number of sulfonamides is 1. The number of hydrogen-bond acceptors (Lipinski definition) is 5. The Bertz CT molecular complexity index is 622. The molecule has 1 saturated carbocycles. The van der Waals surface area contributed by atoms with Crippen LogP contribution in [-0.2, 0) is 10.0 Å². The summed E-state index contributed by atoms with van der Waals surface area (Å²) in [5.41, 5.74) is 0.366. The molecule has 108 valence electrons. The van der Waals surface area contributed by atoms with Crippen molar-refractivity contribution in [2.45, 2.75) is 32.1 Å². The molecule has 0 bridgehead atoms. The average Bonchev–Trinajstić information content (AvgIpc) is 2.87. The van der Waals surface area contributed by atoms with Crippen LogP contribution in [0.4, 0.5) is 0 Å². The number of carbonyl (C=O) groups is 1. The van der Waals surface area contributed by atoms with E-state index in [4.69, 9.17) is 5.26 Å². The Labute approximate surface area is 122 Å². The number of amides is 1. The second-order valence-electron chi connectivity index (χ2n) is 5.03. The van der Waals surface area contributed by atoms with E-state index in [0.29, 0.717) is 5.56 Å². The van der Waals surface area contributed by atoms with Gasteiger partial charge in [-0.2, -0.15) is 5.26 Å². The summed E-state index contributed by atoms with van der Waals surface area (Å²) in [4.78, 5) is 12.1. The fourth-order valence-corrected chi connectivity index (χ4v) is 4.63. The van der Waals surface area contributed by atoms with Crippen molar-refractivity contribution < 1.29 is 13.2 Å². The molecule has 2 rings (SSSR count). The van der Waals surface area contributed by atoms with E-state index >= 15 is 0 Å². The Kier molecular flexibility index (Phi) is 4.78. The van der Waals surface area contributed by atoms with Gasteiger partial charge in [0.05, 0.1) is 16.2 Å². The highest BCUT2D eigenvalue weighted by Crippen LogP contribution is 2.24. The van der Waals surface area contributed by atoms with Crippen LogP contribution in [0.15, 0.2) is 11.4 Å². The lowest BCUT2D eigenvalue weighted by Gasteiger charge is -2.21. The molecule has 0 aliphatic heterocycles. The summed E-state index contributed by atoms with van der Waals surface area (Å²) in [6, 6.07) is 3.31. The summed E-state index contributed by atoms with van der Waals surface area (Å²) in [7, 11) is -3.60. The Balaban J connectivity index is 1.96. The van der Waals surface area contributed by atoms with Crippen molar-refractivity contribution in [1.82, 2.24) is 4.72 Å². The van der Waals surface area contributed by atoms with Gasteiger partial charge in [-0.3, -0.25) is 4.79 Å². The standard InChI is InChI=1S/C13H16N2O3S2/c14-7-11-6-12(19-8-11)13(16)15-20(17,18)9-10-4-2-1-3-5-10/h6,8,10H,1-5,9H2,(H,15,16). The summed E-state index contributed by atoms with van der Waals surface area (Å²) < 4.78 is 26.0. The molecule has 1 aromatic rings. The quantitative estimate of drug-likeness (QED) is 0.923. The van der Waals surface area contributed by atoms with Gasteiger partial charge >= 0.3 is 0 Å². The zero-order valence-electron chi connectivity index (χ0n) is 11.0. The van der Waals surface area contributed by atoms with E-state index in [1.54, 1.807) is 0 Å². The first kappa shape index (κ1) is 15.0. The summed E-state index contributed by atoms with van der Waals surface area (Å²) in [5, 5.41) is 10.2. The van der Waals surface area contributed by atoms with Crippen molar-refractivity contribution in [1.29, 1.82) is 5.26 Å². The van der Waals surface area contributed by atoms with Gasteiger partial charge < -0.3 is 0 Å². The third-order valence-corrected chi connectivity index (χ3v) is 5.72. The predicted molar refractivity (Wildman–Crippen MR) is 76.9 cm³/mol. The first-order chi connectivity index (χ1) is 9.50. The molecule has 1 aromatic heterocycles. The smallest absolute Gasteiger partial charge is 0.267 e. The van der Waals surface area contributed by atoms with E-state index in [2.05, 4.69) is 4.72 Å². The Morgan fingerprint density at radius 2 is 2.10 bits per heavy atom. The van der Waals surface area contributed by atoms with Crippen LogP contribution in [0.3, 0.4) is 0 Å². The van der Waals surface area contributed by atoms with Crippen LogP contribution in [0.5, 0.6) is 0 Å². The van der Waals surface area contributed by atoms with Crippen LogP contribution in [0.2, 0.25) is 0 Å². The highest BCUT2D eigenvalue weighted by Gasteiger charge is 2.23. The van der Waals surface area contributed by atoms with Crippen molar-refractivity contribution in [3.63, 3.8) is 0 Å². The van der Waals surface area contributed by atoms with Gasteiger partial charge in [0.2, 0.25) is 10.0 Å². The monoisotopic (exact) mass is 312 g/mol. The van der Waals surface area contributed by atoms with Gasteiger partial charge in [-0.25, -0.2) is 13.1 Å². The number of thiophene rings is 1. The van der Waals surface area contributed by atoms with E-state index in [1.807, 2.05) is 6.07 Å². The zero-order valence-corrected chi connectivity index (χ0v) is 12.6. The SMILES string of the molecule is N#Cc1csc(C(=O)NS(=O)(=O)CC2CCCCC2)c1. The van der Waals surface area contributed by atoms with Crippen LogP contribution < -0.4 is 4.72 Å². The lowest BCUT2D eigenvalue weighted by molar-refractivity contribution is 0.0985. The number of hydrogen-bond donors (Lipinski definition) is 1. The third kappa shape index (κ3) is 4.05. The van der Waals surface area contributed by atoms with E-state index in [-0.39, 0.29) is 16.5 Å². The molecule has 5 nitrogen and oxygen atoms in total. The molecule has 1 aliphatic carbocycles. The Hall–Kier alpha value is -1.39. The molecule has 0 saturated heterocycles. The summed E-state index contributed by atoms with van der Waals surface area (Å²) in [6.45, 7) is 0. The molecule has 0 unspecified atom stereocenters. The van der Waals surface area contributed by atoms with Crippen LogP contribution in [0.25, 0.3) is 0 Å². The van der Waals surface area contributed by atoms with E-state index in [9.17, 15) is 13.2 Å². The van der Waals surface area contributed by atoms with Crippen molar-refractivity contribution in [2.75, 3.05) is 5.75 Å². The molecule has 0 atom stereocenters. The van der Waals surface area contributed by atoms with Gasteiger partial charge in [-0.1, -0.05) is 19.3 Å². The molecule has 0 spiro atoms. The Morgan fingerprint density at radius 3 is 2.70 bits per heavy atom. The number of nitrogens with zero attached hydrogens (tertiary/aromatic N) is 1. The maximum atomic E-state index is 12.0. The second-order valence-corrected chi connectivity index (χ2v) is 7.71. The van der Waals surface area contributed by atoms with Crippen LogP contribution in [0.1, 0.15) is 47.3 Å². The second kappa shape index (κ2) is 6.37. The van der Waals surface area contributed by atoms with Gasteiger partial charge in [-0.05, 0) is 24.8 Å². The van der Waals surface area contributed by atoms with E-state index in [0.717, 1.165) is 43.4 Å². The fraction of sp³-hybridized carbons (Fsp3) is 0.538.